The summed E-state index contributed by atoms with van der Waals surface area (Å²) in [5, 5.41) is 10.7. The Morgan fingerprint density at radius 2 is 2.12 bits per heavy atom. The van der Waals surface area contributed by atoms with Crippen molar-refractivity contribution < 1.29 is 5.11 Å². The molecule has 5 heteroatoms. The topological polar surface area (TPSA) is 46.0 Å². The first-order chi connectivity index (χ1) is 7.68. The largest absolute Gasteiger partial charge is 0.382 e. The second kappa shape index (κ2) is 5.07. The van der Waals surface area contributed by atoms with E-state index in [2.05, 4.69) is 32.6 Å². The lowest BCUT2D eigenvalue weighted by Gasteiger charge is -2.12. The number of benzene rings is 1. The lowest BCUT2D eigenvalue weighted by molar-refractivity contribution is 0.214. The highest BCUT2D eigenvalue weighted by atomic mass is 127. The third-order valence-corrected chi connectivity index (χ3v) is 3.33. The number of hydrogen-bond donors (Lipinski definition) is 1. The summed E-state index contributed by atoms with van der Waals surface area (Å²) in [6, 6.07) is 5.39. The molecule has 0 amide bonds. The van der Waals surface area contributed by atoms with Crippen molar-refractivity contribution in [2.24, 2.45) is 0 Å². The number of rotatable bonds is 2. The summed E-state index contributed by atoms with van der Waals surface area (Å²) in [5.74, 6) is 0. The molecule has 2 rings (SSSR count). The first-order valence-electron chi connectivity index (χ1n) is 4.57. The standard InChI is InChI=1S/C11H8ClIN2O/c12-7-1-2-9(13)8(5-7)11(16)10-6-14-3-4-15-10/h1-6,11,16H. The molecule has 0 bridgehead atoms. The van der Waals surface area contributed by atoms with Crippen LogP contribution < -0.4 is 0 Å². The summed E-state index contributed by atoms with van der Waals surface area (Å²) < 4.78 is 0.945. The molecule has 0 spiro atoms. The fraction of sp³-hybridized carbons (Fsp3) is 0.0909. The maximum Gasteiger partial charge on any atom is 0.124 e. The molecule has 2 aromatic rings. The highest BCUT2D eigenvalue weighted by Gasteiger charge is 2.15. The zero-order valence-electron chi connectivity index (χ0n) is 8.14. The van der Waals surface area contributed by atoms with Gasteiger partial charge in [0.25, 0.3) is 0 Å². The lowest BCUT2D eigenvalue weighted by atomic mass is 10.1. The van der Waals surface area contributed by atoms with Gasteiger partial charge in [-0.05, 0) is 40.8 Å². The summed E-state index contributed by atoms with van der Waals surface area (Å²) in [7, 11) is 0. The van der Waals surface area contributed by atoms with E-state index in [0.717, 1.165) is 9.13 Å². The molecule has 82 valence electrons. The van der Waals surface area contributed by atoms with E-state index in [1.165, 1.54) is 0 Å². The minimum atomic E-state index is -0.792. The second-order valence-corrected chi connectivity index (χ2v) is 4.80. The molecule has 16 heavy (non-hydrogen) atoms. The van der Waals surface area contributed by atoms with Crippen LogP contribution in [0.1, 0.15) is 17.4 Å². The molecule has 1 aromatic heterocycles. The van der Waals surface area contributed by atoms with Crippen LogP contribution in [0.3, 0.4) is 0 Å². The Hall–Kier alpha value is -0.720. The molecule has 0 aliphatic heterocycles. The molecular weight excluding hydrogens is 338 g/mol. The van der Waals surface area contributed by atoms with Crippen molar-refractivity contribution in [1.29, 1.82) is 0 Å². The van der Waals surface area contributed by atoms with E-state index in [9.17, 15) is 5.11 Å². The van der Waals surface area contributed by atoms with E-state index in [0.29, 0.717) is 10.7 Å². The van der Waals surface area contributed by atoms with Crippen molar-refractivity contribution in [3.63, 3.8) is 0 Å². The molecular formula is C11H8ClIN2O. The van der Waals surface area contributed by atoms with E-state index >= 15 is 0 Å². The zero-order valence-corrected chi connectivity index (χ0v) is 11.1. The third kappa shape index (κ3) is 2.50. The molecule has 1 N–H and O–H groups in total. The van der Waals surface area contributed by atoms with Gasteiger partial charge in [-0.15, -0.1) is 0 Å². The summed E-state index contributed by atoms with van der Waals surface area (Å²) in [6.07, 6.45) is 3.87. The second-order valence-electron chi connectivity index (χ2n) is 3.20. The molecule has 1 atom stereocenters. The maximum absolute atomic E-state index is 10.1. The van der Waals surface area contributed by atoms with Crippen molar-refractivity contribution >= 4 is 34.2 Å². The highest BCUT2D eigenvalue weighted by molar-refractivity contribution is 14.1. The molecule has 0 saturated carbocycles. The van der Waals surface area contributed by atoms with Crippen molar-refractivity contribution in [2.45, 2.75) is 6.10 Å². The van der Waals surface area contributed by atoms with Crippen LogP contribution >= 0.6 is 34.2 Å². The van der Waals surface area contributed by atoms with Crippen LogP contribution in [0.2, 0.25) is 5.02 Å². The van der Waals surface area contributed by atoms with Gasteiger partial charge in [-0.3, -0.25) is 9.97 Å². The Labute approximate surface area is 112 Å². The summed E-state index contributed by atoms with van der Waals surface area (Å²) in [5.41, 5.74) is 1.26. The molecule has 0 aliphatic rings. The predicted octanol–water partition coefficient (Wildman–Crippen LogP) is 2.82. The van der Waals surface area contributed by atoms with Crippen molar-refractivity contribution in [3.8, 4) is 0 Å². The molecule has 0 radical (unpaired) electrons. The van der Waals surface area contributed by atoms with Gasteiger partial charge < -0.3 is 5.11 Å². The fourth-order valence-electron chi connectivity index (χ4n) is 1.34. The van der Waals surface area contributed by atoms with Gasteiger partial charge in [-0.1, -0.05) is 11.6 Å². The maximum atomic E-state index is 10.1. The summed E-state index contributed by atoms with van der Waals surface area (Å²) >= 11 is 8.05. The van der Waals surface area contributed by atoms with Crippen LogP contribution in [-0.2, 0) is 0 Å². The Bertz CT molecular complexity index is 493. The van der Waals surface area contributed by atoms with Crippen molar-refractivity contribution in [3.05, 3.63) is 56.6 Å². The predicted molar refractivity (Wildman–Crippen MR) is 70.3 cm³/mol. The molecule has 1 aromatic carbocycles. The first kappa shape index (κ1) is 11.8. The Morgan fingerprint density at radius 3 is 2.81 bits per heavy atom. The van der Waals surface area contributed by atoms with Crippen molar-refractivity contribution in [2.75, 3.05) is 0 Å². The third-order valence-electron chi connectivity index (χ3n) is 2.12. The van der Waals surface area contributed by atoms with Gasteiger partial charge in [-0.2, -0.15) is 0 Å². The summed E-state index contributed by atoms with van der Waals surface area (Å²) in [6.45, 7) is 0. The number of hydrogen-bond acceptors (Lipinski definition) is 3. The fourth-order valence-corrected chi connectivity index (χ4v) is 2.15. The Morgan fingerprint density at radius 1 is 1.31 bits per heavy atom. The minimum absolute atomic E-state index is 0.516. The number of aromatic nitrogens is 2. The normalized spacial score (nSPS) is 12.4. The van der Waals surface area contributed by atoms with Gasteiger partial charge in [0, 0.05) is 26.5 Å². The van der Waals surface area contributed by atoms with Gasteiger partial charge in [0.2, 0.25) is 0 Å². The lowest BCUT2D eigenvalue weighted by Crippen LogP contribution is -2.04. The van der Waals surface area contributed by atoms with Gasteiger partial charge in [0.05, 0.1) is 11.9 Å². The monoisotopic (exact) mass is 346 g/mol. The van der Waals surface area contributed by atoms with Crippen LogP contribution in [0, 0.1) is 3.57 Å². The Kier molecular flexibility index (Phi) is 3.73. The molecule has 1 unspecified atom stereocenters. The van der Waals surface area contributed by atoms with Crippen molar-refractivity contribution in [1.82, 2.24) is 9.97 Å². The number of aliphatic hydroxyl groups is 1. The van der Waals surface area contributed by atoms with Gasteiger partial charge in [-0.25, -0.2) is 0 Å². The number of aliphatic hydroxyl groups excluding tert-OH is 1. The zero-order chi connectivity index (χ0) is 11.5. The van der Waals surface area contributed by atoms with E-state index in [-0.39, 0.29) is 0 Å². The SMILES string of the molecule is OC(c1cnccn1)c1cc(Cl)ccc1I. The summed E-state index contributed by atoms with van der Waals surface area (Å²) in [4.78, 5) is 7.99. The van der Waals surface area contributed by atoms with E-state index < -0.39 is 6.10 Å². The van der Waals surface area contributed by atoms with Crippen LogP contribution in [0.5, 0.6) is 0 Å². The average Bonchev–Trinajstić information content (AvgIpc) is 2.32. The van der Waals surface area contributed by atoms with E-state index in [1.54, 1.807) is 30.7 Å². The van der Waals surface area contributed by atoms with E-state index in [4.69, 9.17) is 11.6 Å². The van der Waals surface area contributed by atoms with Gasteiger partial charge >= 0.3 is 0 Å². The molecule has 3 nitrogen and oxygen atoms in total. The highest BCUT2D eigenvalue weighted by Crippen LogP contribution is 2.27. The Balaban J connectivity index is 2.41. The average molecular weight is 347 g/mol. The van der Waals surface area contributed by atoms with E-state index in [1.807, 2.05) is 6.07 Å². The number of halogens is 2. The van der Waals surface area contributed by atoms with Crippen LogP contribution in [-0.4, -0.2) is 15.1 Å². The first-order valence-corrected chi connectivity index (χ1v) is 6.03. The molecule has 0 fully saturated rings. The van der Waals surface area contributed by atoms with Gasteiger partial charge in [0.15, 0.2) is 0 Å². The van der Waals surface area contributed by atoms with Crippen LogP contribution in [0.15, 0.2) is 36.8 Å². The quantitative estimate of drug-likeness (QED) is 0.851. The number of nitrogens with zero attached hydrogens (tertiary/aromatic N) is 2. The molecule has 0 saturated heterocycles. The van der Waals surface area contributed by atoms with Crippen LogP contribution in [0.25, 0.3) is 0 Å². The smallest absolute Gasteiger partial charge is 0.124 e. The van der Waals surface area contributed by atoms with Gasteiger partial charge in [0.1, 0.15) is 6.10 Å². The molecule has 0 aliphatic carbocycles. The minimum Gasteiger partial charge on any atom is -0.382 e. The molecule has 1 heterocycles. The van der Waals surface area contributed by atoms with Crippen LogP contribution in [0.4, 0.5) is 0 Å².